The van der Waals surface area contributed by atoms with Crippen molar-refractivity contribution in [3.05, 3.63) is 35.9 Å². The predicted molar refractivity (Wildman–Crippen MR) is 54.3 cm³/mol. The molecule has 1 aliphatic heterocycles. The molecule has 1 fully saturated rings. The molecular formula is C11H13NO3. The molecule has 4 nitrogen and oxygen atoms in total. The summed E-state index contributed by atoms with van der Waals surface area (Å²) in [6.45, 7) is 1.80. The smallest absolute Gasteiger partial charge is 0.334 e. The number of ether oxygens (including phenoxy) is 1. The second kappa shape index (κ2) is 4.00. The van der Waals surface area contributed by atoms with Crippen LogP contribution in [0, 0.1) is 0 Å². The summed E-state index contributed by atoms with van der Waals surface area (Å²) in [6.07, 6.45) is -1.03. The van der Waals surface area contributed by atoms with Crippen LogP contribution in [0.4, 0.5) is 0 Å². The minimum absolute atomic E-state index is 0.226. The van der Waals surface area contributed by atoms with Gasteiger partial charge in [0.2, 0.25) is 0 Å². The van der Waals surface area contributed by atoms with Gasteiger partial charge in [-0.2, -0.15) is 0 Å². The van der Waals surface area contributed by atoms with Crippen LogP contribution in [-0.2, 0) is 9.53 Å². The van der Waals surface area contributed by atoms with Gasteiger partial charge in [-0.25, -0.2) is 4.79 Å². The first-order valence-electron chi connectivity index (χ1n) is 4.88. The van der Waals surface area contributed by atoms with E-state index < -0.39 is 12.1 Å². The lowest BCUT2D eigenvalue weighted by molar-refractivity contribution is -0.149. The highest BCUT2D eigenvalue weighted by Gasteiger charge is 2.38. The van der Waals surface area contributed by atoms with Gasteiger partial charge in [0, 0.05) is 0 Å². The van der Waals surface area contributed by atoms with Crippen molar-refractivity contribution in [2.45, 2.75) is 25.3 Å². The number of aliphatic carboxylic acids is 1. The molecule has 2 rings (SSSR count). The van der Waals surface area contributed by atoms with Crippen LogP contribution >= 0.6 is 0 Å². The van der Waals surface area contributed by atoms with E-state index in [1.807, 2.05) is 30.3 Å². The van der Waals surface area contributed by atoms with Gasteiger partial charge in [0.15, 0.2) is 6.10 Å². The quantitative estimate of drug-likeness (QED) is 0.763. The van der Waals surface area contributed by atoms with Crippen LogP contribution in [0.3, 0.4) is 0 Å². The molecule has 0 aliphatic carbocycles. The maximum absolute atomic E-state index is 11.0. The van der Waals surface area contributed by atoms with Crippen molar-refractivity contribution < 1.29 is 14.6 Å². The molecule has 1 aromatic carbocycles. The summed E-state index contributed by atoms with van der Waals surface area (Å²) >= 11 is 0. The fourth-order valence-electron chi connectivity index (χ4n) is 1.81. The van der Waals surface area contributed by atoms with Gasteiger partial charge in [-0.15, -0.1) is 0 Å². The molecule has 1 heterocycles. The third-order valence-corrected chi connectivity index (χ3v) is 2.47. The largest absolute Gasteiger partial charge is 0.479 e. The number of hydrogen-bond acceptors (Lipinski definition) is 3. The Bertz CT molecular complexity index is 352. The molecule has 80 valence electrons. The number of rotatable bonds is 2. The Morgan fingerprint density at radius 2 is 2.07 bits per heavy atom. The zero-order valence-electron chi connectivity index (χ0n) is 8.38. The lowest BCUT2D eigenvalue weighted by Gasteiger charge is -2.14. The molecule has 1 aliphatic rings. The second-order valence-electron chi connectivity index (χ2n) is 3.59. The fraction of sp³-hybridized carbons (Fsp3) is 0.364. The van der Waals surface area contributed by atoms with E-state index in [1.165, 1.54) is 0 Å². The summed E-state index contributed by atoms with van der Waals surface area (Å²) in [7, 11) is 0. The Labute approximate surface area is 87.9 Å². The van der Waals surface area contributed by atoms with Crippen molar-refractivity contribution in [3.63, 3.8) is 0 Å². The zero-order chi connectivity index (χ0) is 10.8. The first kappa shape index (κ1) is 10.1. The molecule has 1 aromatic rings. The van der Waals surface area contributed by atoms with E-state index in [2.05, 4.69) is 5.32 Å². The predicted octanol–water partition coefficient (Wildman–Crippen LogP) is 1.15. The highest BCUT2D eigenvalue weighted by atomic mass is 16.5. The number of carbonyl (C=O) groups is 1. The highest BCUT2D eigenvalue weighted by Crippen LogP contribution is 2.26. The monoisotopic (exact) mass is 207 g/mol. The van der Waals surface area contributed by atoms with Crippen LogP contribution < -0.4 is 5.32 Å². The topological polar surface area (TPSA) is 58.6 Å². The average molecular weight is 207 g/mol. The Kier molecular flexibility index (Phi) is 2.70. The Hall–Kier alpha value is -1.39. The molecule has 2 N–H and O–H groups in total. The molecule has 0 bridgehead atoms. The molecule has 0 radical (unpaired) electrons. The number of nitrogens with one attached hydrogen (secondary N) is 1. The molecule has 15 heavy (non-hydrogen) atoms. The summed E-state index contributed by atoms with van der Waals surface area (Å²) in [4.78, 5) is 11.0. The van der Waals surface area contributed by atoms with E-state index in [0.717, 1.165) is 5.56 Å². The lowest BCUT2D eigenvalue weighted by atomic mass is 10.0. The summed E-state index contributed by atoms with van der Waals surface area (Å²) < 4.78 is 5.28. The number of benzene rings is 1. The summed E-state index contributed by atoms with van der Waals surface area (Å²) in [5.41, 5.74) is 0.939. The lowest BCUT2D eigenvalue weighted by Crippen LogP contribution is -2.29. The SMILES string of the molecule is CC1NC(c2ccccc2)C(C(=O)O)O1. The van der Waals surface area contributed by atoms with Crippen LogP contribution in [-0.4, -0.2) is 23.4 Å². The molecular weight excluding hydrogens is 194 g/mol. The van der Waals surface area contributed by atoms with E-state index in [4.69, 9.17) is 9.84 Å². The summed E-state index contributed by atoms with van der Waals surface area (Å²) in [5, 5.41) is 12.1. The van der Waals surface area contributed by atoms with Crippen LogP contribution in [0.1, 0.15) is 18.5 Å². The number of carboxylic acids is 1. The zero-order valence-corrected chi connectivity index (χ0v) is 8.38. The van der Waals surface area contributed by atoms with Crippen LogP contribution in [0.2, 0.25) is 0 Å². The molecule has 3 unspecified atom stereocenters. The van der Waals surface area contributed by atoms with Gasteiger partial charge in [-0.1, -0.05) is 30.3 Å². The first-order valence-corrected chi connectivity index (χ1v) is 4.88. The number of carboxylic acid groups (broad SMARTS) is 1. The van der Waals surface area contributed by atoms with Crippen molar-refractivity contribution in [2.24, 2.45) is 0 Å². The van der Waals surface area contributed by atoms with Crippen LogP contribution in [0.5, 0.6) is 0 Å². The molecule has 4 heteroatoms. The van der Waals surface area contributed by atoms with Gasteiger partial charge in [-0.05, 0) is 12.5 Å². The van der Waals surface area contributed by atoms with Crippen LogP contribution in [0.25, 0.3) is 0 Å². The van der Waals surface area contributed by atoms with Gasteiger partial charge in [0.25, 0.3) is 0 Å². The Morgan fingerprint density at radius 3 is 2.67 bits per heavy atom. The van der Waals surface area contributed by atoms with E-state index in [0.29, 0.717) is 0 Å². The van der Waals surface area contributed by atoms with Gasteiger partial charge in [-0.3, -0.25) is 5.32 Å². The van der Waals surface area contributed by atoms with Gasteiger partial charge >= 0.3 is 5.97 Å². The van der Waals surface area contributed by atoms with Gasteiger partial charge < -0.3 is 9.84 Å². The Balaban J connectivity index is 2.24. The second-order valence-corrected chi connectivity index (χ2v) is 3.59. The van der Waals surface area contributed by atoms with Crippen molar-refractivity contribution >= 4 is 5.97 Å². The van der Waals surface area contributed by atoms with Crippen molar-refractivity contribution in [1.29, 1.82) is 0 Å². The summed E-state index contributed by atoms with van der Waals surface area (Å²) in [5.74, 6) is -0.930. The third-order valence-electron chi connectivity index (χ3n) is 2.47. The van der Waals surface area contributed by atoms with Crippen molar-refractivity contribution in [2.75, 3.05) is 0 Å². The molecule has 3 atom stereocenters. The minimum atomic E-state index is -0.930. The molecule has 0 saturated carbocycles. The van der Waals surface area contributed by atoms with Crippen molar-refractivity contribution in [1.82, 2.24) is 5.32 Å². The molecule has 0 spiro atoms. The van der Waals surface area contributed by atoms with E-state index in [-0.39, 0.29) is 12.3 Å². The molecule has 1 saturated heterocycles. The normalized spacial score (nSPS) is 30.3. The van der Waals surface area contributed by atoms with E-state index >= 15 is 0 Å². The maximum Gasteiger partial charge on any atom is 0.334 e. The molecule has 0 aromatic heterocycles. The Morgan fingerprint density at radius 1 is 1.40 bits per heavy atom. The van der Waals surface area contributed by atoms with Crippen LogP contribution in [0.15, 0.2) is 30.3 Å². The van der Waals surface area contributed by atoms with Gasteiger partial charge in [0.05, 0.1) is 6.04 Å². The standard InChI is InChI=1S/C11H13NO3/c1-7-12-9(10(15-7)11(13)14)8-5-3-2-4-6-8/h2-7,9-10,12H,1H3,(H,13,14). The fourth-order valence-corrected chi connectivity index (χ4v) is 1.81. The van der Waals surface area contributed by atoms with E-state index in [9.17, 15) is 4.79 Å². The van der Waals surface area contributed by atoms with Crippen molar-refractivity contribution in [3.8, 4) is 0 Å². The minimum Gasteiger partial charge on any atom is -0.479 e. The van der Waals surface area contributed by atoms with Gasteiger partial charge in [0.1, 0.15) is 6.23 Å². The van der Waals surface area contributed by atoms with E-state index in [1.54, 1.807) is 6.92 Å². The maximum atomic E-state index is 11.0. The number of hydrogen-bond donors (Lipinski definition) is 2. The summed E-state index contributed by atoms with van der Waals surface area (Å²) in [6, 6.07) is 9.21. The highest BCUT2D eigenvalue weighted by molar-refractivity contribution is 5.74. The third kappa shape index (κ3) is 2.00. The molecule has 0 amide bonds. The average Bonchev–Trinajstić information content (AvgIpc) is 2.62. The first-order chi connectivity index (χ1) is 7.18.